The van der Waals surface area contributed by atoms with Gasteiger partial charge in [-0.2, -0.15) is 0 Å². The number of hydrogen-bond acceptors (Lipinski definition) is 3. The molecule has 16 heavy (non-hydrogen) atoms. The molecule has 0 saturated carbocycles. The molecule has 0 bridgehead atoms. The highest BCUT2D eigenvalue weighted by Gasteiger charge is 2.13. The minimum absolute atomic E-state index is 0.382. The molecule has 1 heterocycles. The Morgan fingerprint density at radius 3 is 2.81 bits per heavy atom. The van der Waals surface area contributed by atoms with Crippen molar-refractivity contribution in [3.63, 3.8) is 0 Å². The Balaban J connectivity index is 1.52. The summed E-state index contributed by atoms with van der Waals surface area (Å²) in [6, 6.07) is 10.7. The van der Waals surface area contributed by atoms with Crippen molar-refractivity contribution in [2.45, 2.75) is 25.5 Å². The molecule has 0 amide bonds. The van der Waals surface area contributed by atoms with Crippen molar-refractivity contribution >= 4 is 0 Å². The fourth-order valence-electron chi connectivity index (χ4n) is 1.88. The number of rotatable bonds is 6. The molecule has 0 aliphatic carbocycles. The fraction of sp³-hybridized carbons (Fsp3) is 0.538. The van der Waals surface area contributed by atoms with Crippen molar-refractivity contribution in [2.75, 3.05) is 19.9 Å². The van der Waals surface area contributed by atoms with Gasteiger partial charge in [0.25, 0.3) is 0 Å². The summed E-state index contributed by atoms with van der Waals surface area (Å²) in [5.41, 5.74) is 1.19. The third kappa shape index (κ3) is 3.93. The molecule has 0 aromatic heterocycles. The van der Waals surface area contributed by atoms with Gasteiger partial charge in [-0.1, -0.05) is 30.3 Å². The van der Waals surface area contributed by atoms with Gasteiger partial charge in [-0.15, -0.1) is 0 Å². The second kappa shape index (κ2) is 6.63. The molecule has 1 aliphatic heterocycles. The van der Waals surface area contributed by atoms with Crippen LogP contribution in [0.2, 0.25) is 0 Å². The first-order chi connectivity index (χ1) is 7.95. The van der Waals surface area contributed by atoms with Gasteiger partial charge < -0.3 is 14.8 Å². The van der Waals surface area contributed by atoms with Crippen LogP contribution in [0.1, 0.15) is 18.4 Å². The Bertz CT molecular complexity index is 283. The van der Waals surface area contributed by atoms with E-state index in [1.165, 1.54) is 18.4 Å². The normalized spacial score (nSPS) is 20.1. The molecule has 0 radical (unpaired) electrons. The van der Waals surface area contributed by atoms with E-state index in [1.807, 2.05) is 18.2 Å². The second-order valence-electron chi connectivity index (χ2n) is 4.12. The van der Waals surface area contributed by atoms with E-state index in [9.17, 15) is 0 Å². The first kappa shape index (κ1) is 11.6. The molecule has 1 N–H and O–H groups in total. The summed E-state index contributed by atoms with van der Waals surface area (Å²) in [6.07, 6.45) is 2.48. The molecular formula is C13H19NO2. The SMILES string of the molecule is c1ccc(COCOCC2CCCN2)cc1. The lowest BCUT2D eigenvalue weighted by atomic mass is 10.2. The Labute approximate surface area is 96.8 Å². The quantitative estimate of drug-likeness (QED) is 0.588. The van der Waals surface area contributed by atoms with Crippen LogP contribution in [0, 0.1) is 0 Å². The summed E-state index contributed by atoms with van der Waals surface area (Å²) in [4.78, 5) is 0. The van der Waals surface area contributed by atoms with Crippen LogP contribution in [-0.2, 0) is 16.1 Å². The molecule has 3 heteroatoms. The third-order valence-electron chi connectivity index (χ3n) is 2.76. The van der Waals surface area contributed by atoms with E-state index in [1.54, 1.807) is 0 Å². The molecule has 2 rings (SSSR count). The van der Waals surface area contributed by atoms with Crippen LogP contribution in [0.5, 0.6) is 0 Å². The number of hydrogen-bond donors (Lipinski definition) is 1. The van der Waals surface area contributed by atoms with Crippen LogP contribution in [0.4, 0.5) is 0 Å². The van der Waals surface area contributed by atoms with Crippen LogP contribution >= 0.6 is 0 Å². The summed E-state index contributed by atoms with van der Waals surface area (Å²) in [5, 5.41) is 3.38. The molecule has 1 atom stereocenters. The smallest absolute Gasteiger partial charge is 0.147 e. The van der Waals surface area contributed by atoms with E-state index in [4.69, 9.17) is 9.47 Å². The first-order valence-corrected chi connectivity index (χ1v) is 5.88. The van der Waals surface area contributed by atoms with Gasteiger partial charge in [-0.3, -0.25) is 0 Å². The van der Waals surface area contributed by atoms with Gasteiger partial charge in [0.1, 0.15) is 6.79 Å². The standard InChI is InChI=1S/C13H19NO2/c1-2-5-12(6-3-1)9-15-11-16-10-13-7-4-8-14-13/h1-3,5-6,13-14H,4,7-11H2. The zero-order chi connectivity index (χ0) is 11.1. The van der Waals surface area contributed by atoms with E-state index in [0.29, 0.717) is 19.4 Å². The maximum atomic E-state index is 5.45. The van der Waals surface area contributed by atoms with Crippen LogP contribution in [-0.4, -0.2) is 26.0 Å². The van der Waals surface area contributed by atoms with E-state index in [-0.39, 0.29) is 0 Å². The molecule has 0 spiro atoms. The molecular weight excluding hydrogens is 202 g/mol. The van der Waals surface area contributed by atoms with E-state index >= 15 is 0 Å². The molecule has 1 fully saturated rings. The van der Waals surface area contributed by atoms with Crippen molar-refractivity contribution < 1.29 is 9.47 Å². The Kier molecular flexibility index (Phi) is 4.80. The minimum Gasteiger partial charge on any atom is -0.354 e. The van der Waals surface area contributed by atoms with Crippen LogP contribution in [0.3, 0.4) is 0 Å². The van der Waals surface area contributed by atoms with Crippen molar-refractivity contribution in [2.24, 2.45) is 0 Å². The van der Waals surface area contributed by atoms with Crippen LogP contribution in [0.25, 0.3) is 0 Å². The van der Waals surface area contributed by atoms with E-state index in [2.05, 4.69) is 17.4 Å². The van der Waals surface area contributed by atoms with Gasteiger partial charge in [0, 0.05) is 6.04 Å². The van der Waals surface area contributed by atoms with Crippen molar-refractivity contribution in [1.82, 2.24) is 5.32 Å². The third-order valence-corrected chi connectivity index (χ3v) is 2.76. The topological polar surface area (TPSA) is 30.5 Å². The van der Waals surface area contributed by atoms with Gasteiger partial charge in [0.05, 0.1) is 13.2 Å². The Morgan fingerprint density at radius 2 is 2.06 bits per heavy atom. The zero-order valence-electron chi connectivity index (χ0n) is 9.52. The van der Waals surface area contributed by atoms with Gasteiger partial charge in [-0.05, 0) is 24.9 Å². The van der Waals surface area contributed by atoms with Crippen LogP contribution < -0.4 is 5.32 Å². The van der Waals surface area contributed by atoms with Crippen LogP contribution in [0.15, 0.2) is 30.3 Å². The molecule has 1 aromatic rings. The maximum absolute atomic E-state index is 5.45. The van der Waals surface area contributed by atoms with Gasteiger partial charge in [0.2, 0.25) is 0 Å². The molecule has 1 saturated heterocycles. The van der Waals surface area contributed by atoms with Crippen molar-refractivity contribution in [1.29, 1.82) is 0 Å². The van der Waals surface area contributed by atoms with Crippen molar-refractivity contribution in [3.05, 3.63) is 35.9 Å². The lowest BCUT2D eigenvalue weighted by Crippen LogP contribution is -2.27. The first-order valence-electron chi connectivity index (χ1n) is 5.88. The predicted octanol–water partition coefficient (Wildman–Crippen LogP) is 1.93. The van der Waals surface area contributed by atoms with Crippen molar-refractivity contribution in [3.8, 4) is 0 Å². The monoisotopic (exact) mass is 221 g/mol. The molecule has 88 valence electrons. The summed E-state index contributed by atoms with van der Waals surface area (Å²) >= 11 is 0. The van der Waals surface area contributed by atoms with Gasteiger partial charge >= 0.3 is 0 Å². The number of nitrogens with one attached hydrogen (secondary N) is 1. The molecule has 1 aromatic carbocycles. The Hall–Kier alpha value is -0.900. The fourth-order valence-corrected chi connectivity index (χ4v) is 1.88. The van der Waals surface area contributed by atoms with E-state index < -0.39 is 0 Å². The summed E-state index contributed by atoms with van der Waals surface area (Å²) in [7, 11) is 0. The Morgan fingerprint density at radius 1 is 1.19 bits per heavy atom. The highest BCUT2D eigenvalue weighted by Crippen LogP contribution is 2.05. The highest BCUT2D eigenvalue weighted by atomic mass is 16.7. The average Bonchev–Trinajstić information content (AvgIpc) is 2.83. The summed E-state index contributed by atoms with van der Waals surface area (Å²) < 4.78 is 10.9. The van der Waals surface area contributed by atoms with E-state index in [0.717, 1.165) is 13.2 Å². The molecule has 3 nitrogen and oxygen atoms in total. The largest absolute Gasteiger partial charge is 0.354 e. The molecule has 1 aliphatic rings. The lowest BCUT2D eigenvalue weighted by molar-refractivity contribution is -0.0661. The van der Waals surface area contributed by atoms with Gasteiger partial charge in [-0.25, -0.2) is 0 Å². The zero-order valence-corrected chi connectivity index (χ0v) is 9.52. The van der Waals surface area contributed by atoms with Gasteiger partial charge in [0.15, 0.2) is 0 Å². The summed E-state index contributed by atoms with van der Waals surface area (Å²) in [6.45, 7) is 2.89. The number of benzene rings is 1. The highest BCUT2D eigenvalue weighted by molar-refractivity contribution is 5.13. The molecule has 1 unspecified atom stereocenters. The minimum atomic E-state index is 0.382. The average molecular weight is 221 g/mol. The lowest BCUT2D eigenvalue weighted by Gasteiger charge is -2.10. The predicted molar refractivity (Wildman–Crippen MR) is 63.1 cm³/mol. The summed E-state index contributed by atoms with van der Waals surface area (Å²) in [5.74, 6) is 0. The second-order valence-corrected chi connectivity index (χ2v) is 4.12. The number of ether oxygens (including phenoxy) is 2. The maximum Gasteiger partial charge on any atom is 0.147 e.